The lowest BCUT2D eigenvalue weighted by Crippen LogP contribution is -1.98. The van der Waals surface area contributed by atoms with Crippen molar-refractivity contribution in [2.75, 3.05) is 12.5 Å². The van der Waals surface area contributed by atoms with Crippen molar-refractivity contribution in [2.24, 2.45) is 0 Å². The molecule has 0 unspecified atom stereocenters. The SMILES string of the molecule is O[B]OCCCCl. The van der Waals surface area contributed by atoms with Crippen LogP contribution in [0, 0.1) is 0 Å². The van der Waals surface area contributed by atoms with Crippen LogP contribution in [0.2, 0.25) is 0 Å². The molecule has 0 rings (SSSR count). The van der Waals surface area contributed by atoms with Gasteiger partial charge in [0.2, 0.25) is 0 Å². The Morgan fingerprint density at radius 1 is 1.71 bits per heavy atom. The van der Waals surface area contributed by atoms with Gasteiger partial charge in [-0.05, 0) is 6.42 Å². The highest BCUT2D eigenvalue weighted by atomic mass is 35.5. The molecule has 1 radical (unpaired) electrons. The fourth-order valence-corrected chi connectivity index (χ4v) is 0.300. The Kier molecular flexibility index (Phi) is 6.52. The minimum absolute atomic E-state index is 0.500. The van der Waals surface area contributed by atoms with Crippen molar-refractivity contribution in [3.63, 3.8) is 0 Å². The lowest BCUT2D eigenvalue weighted by Gasteiger charge is -1.91. The fourth-order valence-electron chi connectivity index (χ4n) is 0.191. The fraction of sp³-hybridized carbons (Fsp3) is 1.00. The number of alkyl halides is 1. The van der Waals surface area contributed by atoms with Crippen LogP contribution in [0.3, 0.4) is 0 Å². The second kappa shape index (κ2) is 6.27. The monoisotopic (exact) mass is 121 g/mol. The maximum Gasteiger partial charge on any atom is 0.485 e. The van der Waals surface area contributed by atoms with Crippen molar-refractivity contribution in [3.8, 4) is 0 Å². The largest absolute Gasteiger partial charge is 0.485 e. The molecule has 0 aliphatic rings. The highest BCUT2D eigenvalue weighted by Crippen LogP contribution is 1.82. The molecule has 0 amide bonds. The third kappa shape index (κ3) is 6.27. The van der Waals surface area contributed by atoms with Crippen LogP contribution in [0.1, 0.15) is 6.42 Å². The Labute approximate surface area is 48.7 Å². The average Bonchev–Trinajstić information content (AvgIpc) is 1.69. The Morgan fingerprint density at radius 3 is 2.86 bits per heavy atom. The predicted molar refractivity (Wildman–Crippen MR) is 29.3 cm³/mol. The van der Waals surface area contributed by atoms with Crippen LogP contribution in [-0.4, -0.2) is 25.2 Å². The maximum absolute atomic E-state index is 7.90. The third-order valence-electron chi connectivity index (χ3n) is 0.470. The molecule has 0 aliphatic heterocycles. The molecule has 0 spiro atoms. The minimum Gasteiger partial charge on any atom is -0.429 e. The van der Waals surface area contributed by atoms with E-state index in [1.54, 1.807) is 0 Å². The maximum atomic E-state index is 7.90. The van der Waals surface area contributed by atoms with Gasteiger partial charge in [-0.1, -0.05) is 0 Å². The first-order chi connectivity index (χ1) is 3.41. The summed E-state index contributed by atoms with van der Waals surface area (Å²) in [7, 11) is 0.673. The molecule has 0 atom stereocenters. The van der Waals surface area contributed by atoms with Gasteiger partial charge >= 0.3 is 7.69 Å². The van der Waals surface area contributed by atoms with Crippen LogP contribution in [0.25, 0.3) is 0 Å². The van der Waals surface area contributed by atoms with E-state index in [9.17, 15) is 0 Å². The van der Waals surface area contributed by atoms with Gasteiger partial charge in [-0.25, -0.2) is 0 Å². The lowest BCUT2D eigenvalue weighted by molar-refractivity contribution is 0.285. The highest BCUT2D eigenvalue weighted by molar-refractivity contribution is 6.18. The summed E-state index contributed by atoms with van der Waals surface area (Å²) >= 11 is 5.26. The molecule has 41 valence electrons. The normalized spacial score (nSPS) is 8.86. The van der Waals surface area contributed by atoms with Crippen molar-refractivity contribution >= 4 is 19.3 Å². The molecule has 0 aliphatic carbocycles. The van der Waals surface area contributed by atoms with Crippen molar-refractivity contribution in [1.82, 2.24) is 0 Å². The first-order valence-corrected chi connectivity index (χ1v) is 2.58. The average molecular weight is 121 g/mol. The van der Waals surface area contributed by atoms with Gasteiger partial charge in [0.25, 0.3) is 0 Å². The van der Waals surface area contributed by atoms with Crippen molar-refractivity contribution < 1.29 is 9.68 Å². The summed E-state index contributed by atoms with van der Waals surface area (Å²) in [6.45, 7) is 0.500. The summed E-state index contributed by atoms with van der Waals surface area (Å²) in [6.07, 6.45) is 0.776. The summed E-state index contributed by atoms with van der Waals surface area (Å²) in [5, 5.41) is 7.90. The molecule has 0 aromatic heterocycles. The summed E-state index contributed by atoms with van der Waals surface area (Å²) in [4.78, 5) is 0. The van der Waals surface area contributed by atoms with Gasteiger partial charge in [-0.15, -0.1) is 11.6 Å². The van der Waals surface area contributed by atoms with E-state index in [-0.39, 0.29) is 0 Å². The molecule has 0 aromatic rings. The van der Waals surface area contributed by atoms with Gasteiger partial charge in [-0.2, -0.15) is 0 Å². The molecule has 0 saturated carbocycles. The van der Waals surface area contributed by atoms with Crippen LogP contribution in [0.5, 0.6) is 0 Å². The van der Waals surface area contributed by atoms with E-state index >= 15 is 0 Å². The smallest absolute Gasteiger partial charge is 0.429 e. The van der Waals surface area contributed by atoms with Crippen LogP contribution >= 0.6 is 11.6 Å². The standard InChI is InChI=1S/C3H7BClO2/c5-2-1-3-7-4-6/h6H,1-3H2. The zero-order valence-electron chi connectivity index (χ0n) is 3.93. The number of hydrogen-bond donors (Lipinski definition) is 1. The van der Waals surface area contributed by atoms with Gasteiger partial charge in [0, 0.05) is 12.5 Å². The van der Waals surface area contributed by atoms with E-state index in [1.807, 2.05) is 0 Å². The number of rotatable bonds is 4. The molecule has 0 saturated heterocycles. The molecule has 1 N–H and O–H groups in total. The van der Waals surface area contributed by atoms with E-state index in [0.717, 1.165) is 6.42 Å². The van der Waals surface area contributed by atoms with Gasteiger partial charge in [0.15, 0.2) is 0 Å². The van der Waals surface area contributed by atoms with Crippen LogP contribution in [0.4, 0.5) is 0 Å². The van der Waals surface area contributed by atoms with Crippen LogP contribution in [0.15, 0.2) is 0 Å². The quantitative estimate of drug-likeness (QED) is 0.326. The number of hydrogen-bond acceptors (Lipinski definition) is 2. The Hall–Kier alpha value is 0.275. The molecule has 0 bridgehead atoms. The summed E-state index contributed by atoms with van der Waals surface area (Å²) in [6, 6.07) is 0. The highest BCUT2D eigenvalue weighted by Gasteiger charge is 1.84. The van der Waals surface area contributed by atoms with Gasteiger partial charge < -0.3 is 9.68 Å². The van der Waals surface area contributed by atoms with Gasteiger partial charge in [0.05, 0.1) is 0 Å². The van der Waals surface area contributed by atoms with E-state index in [1.165, 1.54) is 0 Å². The van der Waals surface area contributed by atoms with Crippen molar-refractivity contribution in [3.05, 3.63) is 0 Å². The van der Waals surface area contributed by atoms with E-state index < -0.39 is 0 Å². The molecular weight excluding hydrogens is 114 g/mol. The predicted octanol–water partition coefficient (Wildman–Crippen LogP) is 0.158. The molecule has 2 nitrogen and oxygen atoms in total. The second-order valence-electron chi connectivity index (χ2n) is 1.02. The minimum atomic E-state index is 0.500. The molecule has 0 heterocycles. The Morgan fingerprint density at radius 2 is 2.43 bits per heavy atom. The molecule has 7 heavy (non-hydrogen) atoms. The first kappa shape index (κ1) is 7.27. The number of halogens is 1. The first-order valence-electron chi connectivity index (χ1n) is 2.05. The topological polar surface area (TPSA) is 29.5 Å². The van der Waals surface area contributed by atoms with Gasteiger partial charge in [-0.3, -0.25) is 0 Å². The van der Waals surface area contributed by atoms with E-state index in [2.05, 4.69) is 4.65 Å². The Balaban J connectivity index is 2.45. The zero-order chi connectivity index (χ0) is 5.54. The summed E-state index contributed by atoms with van der Waals surface area (Å²) in [5.41, 5.74) is 0. The Bertz CT molecular complexity index is 32.1. The molecule has 4 heteroatoms. The summed E-state index contributed by atoms with van der Waals surface area (Å²) < 4.78 is 4.42. The third-order valence-corrected chi connectivity index (χ3v) is 0.738. The summed E-state index contributed by atoms with van der Waals surface area (Å²) in [5.74, 6) is 0.577. The molecule has 0 aromatic carbocycles. The van der Waals surface area contributed by atoms with Crippen LogP contribution < -0.4 is 0 Å². The van der Waals surface area contributed by atoms with Crippen molar-refractivity contribution in [2.45, 2.75) is 6.42 Å². The molecular formula is C3H7BClO2. The van der Waals surface area contributed by atoms with Crippen LogP contribution in [-0.2, 0) is 4.65 Å². The van der Waals surface area contributed by atoms with E-state index in [4.69, 9.17) is 16.6 Å². The lowest BCUT2D eigenvalue weighted by atomic mass is 10.4. The molecule has 0 fully saturated rings. The van der Waals surface area contributed by atoms with Gasteiger partial charge in [0.1, 0.15) is 0 Å². The van der Waals surface area contributed by atoms with Crippen molar-refractivity contribution in [1.29, 1.82) is 0 Å². The van der Waals surface area contributed by atoms with E-state index in [0.29, 0.717) is 20.2 Å². The second-order valence-corrected chi connectivity index (χ2v) is 1.40. The zero-order valence-corrected chi connectivity index (χ0v) is 4.69.